The Hall–Kier alpha value is 0.120. The lowest BCUT2D eigenvalue weighted by Crippen LogP contribution is -2.29. The van der Waals surface area contributed by atoms with Crippen molar-refractivity contribution in [3.8, 4) is 0 Å². The Balaban J connectivity index is 2.23. The molecule has 1 fully saturated rings. The highest BCUT2D eigenvalue weighted by Gasteiger charge is 2.19. The average Bonchev–Trinajstić information content (AvgIpc) is 2.27. The third kappa shape index (κ3) is 7.21. The molecule has 0 spiro atoms. The Bertz CT molecular complexity index is 300. The van der Waals surface area contributed by atoms with Crippen LogP contribution in [0.2, 0.25) is 0 Å². The second kappa shape index (κ2) is 7.53. The summed E-state index contributed by atoms with van der Waals surface area (Å²) in [6.45, 7) is 0.794. The van der Waals surface area contributed by atoms with E-state index < -0.39 is 10.1 Å². The minimum Gasteiger partial charge on any atom is -0.353 e. The highest BCUT2D eigenvalue weighted by molar-refractivity contribution is 7.85. The van der Waals surface area contributed by atoms with Crippen molar-refractivity contribution >= 4 is 21.7 Å². The van der Waals surface area contributed by atoms with Crippen molar-refractivity contribution in [3.05, 3.63) is 0 Å². The molecule has 5 nitrogen and oxygen atoms in total. The molecule has 1 aliphatic heterocycles. The molecule has 0 radical (unpaired) electrons. The van der Waals surface area contributed by atoms with Crippen LogP contribution >= 0.6 is 11.6 Å². The van der Waals surface area contributed by atoms with Crippen molar-refractivity contribution in [1.29, 1.82) is 0 Å². The zero-order valence-corrected chi connectivity index (χ0v) is 11.5. The van der Waals surface area contributed by atoms with E-state index in [-0.39, 0.29) is 19.0 Å². The molecule has 2 atom stereocenters. The fourth-order valence-corrected chi connectivity index (χ4v) is 2.17. The molecule has 0 N–H and O–H groups in total. The topological polar surface area (TPSA) is 61.8 Å². The first-order chi connectivity index (χ1) is 8.01. The van der Waals surface area contributed by atoms with Crippen LogP contribution in [0.25, 0.3) is 0 Å². The van der Waals surface area contributed by atoms with E-state index in [1.54, 1.807) is 0 Å². The largest absolute Gasteiger partial charge is 0.353 e. The molecule has 1 rings (SSSR count). The van der Waals surface area contributed by atoms with E-state index in [0.717, 1.165) is 25.5 Å². The van der Waals surface area contributed by atoms with Crippen LogP contribution in [-0.4, -0.2) is 46.2 Å². The fraction of sp³-hybridized carbons (Fsp3) is 1.00. The number of hydrogen-bond donors (Lipinski definition) is 0. The van der Waals surface area contributed by atoms with Crippen LogP contribution in [0, 0.1) is 0 Å². The van der Waals surface area contributed by atoms with Crippen molar-refractivity contribution in [1.82, 2.24) is 0 Å². The van der Waals surface area contributed by atoms with Crippen LogP contribution < -0.4 is 0 Å². The van der Waals surface area contributed by atoms with Gasteiger partial charge in [0.2, 0.25) is 0 Å². The van der Waals surface area contributed by atoms with E-state index in [2.05, 4.69) is 4.18 Å². The van der Waals surface area contributed by atoms with E-state index in [1.807, 2.05) is 0 Å². The molecule has 1 aliphatic rings. The lowest BCUT2D eigenvalue weighted by Gasteiger charge is -2.26. The Morgan fingerprint density at radius 1 is 1.47 bits per heavy atom. The lowest BCUT2D eigenvalue weighted by molar-refractivity contribution is -0.185. The maximum atomic E-state index is 10.8. The quantitative estimate of drug-likeness (QED) is 0.524. The Kier molecular flexibility index (Phi) is 6.72. The van der Waals surface area contributed by atoms with Gasteiger partial charge in [-0.15, -0.1) is 11.6 Å². The van der Waals surface area contributed by atoms with Gasteiger partial charge in [-0.1, -0.05) is 0 Å². The van der Waals surface area contributed by atoms with E-state index in [0.29, 0.717) is 18.9 Å². The average molecular weight is 287 g/mol. The van der Waals surface area contributed by atoms with Crippen LogP contribution in [0.15, 0.2) is 0 Å². The summed E-state index contributed by atoms with van der Waals surface area (Å²) in [5.41, 5.74) is 0. The Morgan fingerprint density at radius 2 is 2.24 bits per heavy atom. The highest BCUT2D eigenvalue weighted by Crippen LogP contribution is 2.17. The second-order valence-electron chi connectivity index (χ2n) is 4.02. The van der Waals surface area contributed by atoms with Gasteiger partial charge in [0.15, 0.2) is 6.29 Å². The zero-order chi connectivity index (χ0) is 12.7. The summed E-state index contributed by atoms with van der Waals surface area (Å²) >= 11 is 5.75. The molecular formula is C10H19ClO5S. The summed E-state index contributed by atoms with van der Waals surface area (Å²) in [4.78, 5) is 0. The smallest absolute Gasteiger partial charge is 0.264 e. The van der Waals surface area contributed by atoms with E-state index in [1.165, 1.54) is 0 Å². The predicted molar refractivity (Wildman–Crippen MR) is 64.6 cm³/mol. The first-order valence-corrected chi connectivity index (χ1v) is 8.04. The van der Waals surface area contributed by atoms with Crippen molar-refractivity contribution in [2.45, 2.75) is 38.1 Å². The second-order valence-corrected chi connectivity index (χ2v) is 5.98. The first-order valence-electron chi connectivity index (χ1n) is 5.68. The number of ether oxygens (including phenoxy) is 2. The van der Waals surface area contributed by atoms with Crippen LogP contribution in [0.5, 0.6) is 0 Å². The number of rotatable bonds is 7. The normalized spacial score (nSPS) is 23.5. The van der Waals surface area contributed by atoms with Gasteiger partial charge in [0.1, 0.15) is 0 Å². The summed E-state index contributed by atoms with van der Waals surface area (Å²) in [5, 5.41) is 0. The maximum absolute atomic E-state index is 10.8. The molecule has 17 heavy (non-hydrogen) atoms. The van der Waals surface area contributed by atoms with Crippen molar-refractivity contribution in [3.63, 3.8) is 0 Å². The Labute approximate surface area is 107 Å². The molecule has 7 heteroatoms. The molecule has 0 aromatic carbocycles. The zero-order valence-electron chi connectivity index (χ0n) is 9.93. The highest BCUT2D eigenvalue weighted by atomic mass is 35.5. The van der Waals surface area contributed by atoms with Gasteiger partial charge >= 0.3 is 0 Å². The molecule has 102 valence electrons. The van der Waals surface area contributed by atoms with E-state index in [9.17, 15) is 8.42 Å². The monoisotopic (exact) mass is 286 g/mol. The van der Waals surface area contributed by atoms with Crippen LogP contribution in [-0.2, 0) is 23.8 Å². The number of alkyl halides is 1. The summed E-state index contributed by atoms with van der Waals surface area (Å²) in [6.07, 6.45) is 4.01. The molecule has 1 saturated heterocycles. The molecule has 1 heterocycles. The summed E-state index contributed by atoms with van der Waals surface area (Å²) < 4.78 is 37.2. The third-order valence-corrected chi connectivity index (χ3v) is 3.33. The van der Waals surface area contributed by atoms with Crippen molar-refractivity contribution < 1.29 is 22.1 Å². The molecule has 0 saturated carbocycles. The van der Waals surface area contributed by atoms with Gasteiger partial charge in [0.25, 0.3) is 10.1 Å². The maximum Gasteiger partial charge on any atom is 0.264 e. The molecule has 0 aliphatic carbocycles. The van der Waals surface area contributed by atoms with Crippen LogP contribution in [0.4, 0.5) is 0 Å². The lowest BCUT2D eigenvalue weighted by atomic mass is 10.2. The molecule has 0 aromatic heterocycles. The Morgan fingerprint density at radius 3 is 2.76 bits per heavy atom. The molecular weight excluding hydrogens is 268 g/mol. The summed E-state index contributed by atoms with van der Waals surface area (Å²) in [6, 6.07) is 0. The van der Waals surface area contributed by atoms with Crippen molar-refractivity contribution in [2.24, 2.45) is 0 Å². The van der Waals surface area contributed by atoms with Crippen molar-refractivity contribution in [2.75, 3.05) is 25.3 Å². The number of hydrogen-bond acceptors (Lipinski definition) is 5. The summed E-state index contributed by atoms with van der Waals surface area (Å²) in [7, 11) is -3.39. The van der Waals surface area contributed by atoms with E-state index >= 15 is 0 Å². The standard InChI is InChI=1S/C10H19ClO5S/c1-17(12,13)15-7-5-9(8-11)16-10-4-2-3-6-14-10/h9-10H,2-8H2,1H3. The van der Waals surface area contributed by atoms with Gasteiger partial charge in [-0.25, -0.2) is 0 Å². The SMILES string of the molecule is CS(=O)(=O)OCCC(CCl)OC1CCCCO1. The summed E-state index contributed by atoms with van der Waals surface area (Å²) in [5.74, 6) is 0.299. The van der Waals surface area contributed by atoms with Gasteiger partial charge in [-0.2, -0.15) is 8.42 Å². The molecule has 0 aromatic rings. The van der Waals surface area contributed by atoms with Crippen LogP contribution in [0.3, 0.4) is 0 Å². The minimum absolute atomic E-state index is 0.0863. The van der Waals surface area contributed by atoms with E-state index in [4.69, 9.17) is 21.1 Å². The van der Waals surface area contributed by atoms with Gasteiger partial charge in [0, 0.05) is 12.5 Å². The first kappa shape index (κ1) is 15.2. The van der Waals surface area contributed by atoms with Gasteiger partial charge in [-0.05, 0) is 25.7 Å². The van der Waals surface area contributed by atoms with Gasteiger partial charge < -0.3 is 9.47 Å². The van der Waals surface area contributed by atoms with Gasteiger partial charge in [0.05, 0.1) is 19.0 Å². The number of halogens is 1. The molecule has 0 bridgehead atoms. The fourth-order valence-electron chi connectivity index (χ4n) is 1.55. The third-order valence-electron chi connectivity index (χ3n) is 2.39. The minimum atomic E-state index is -3.39. The predicted octanol–water partition coefficient (Wildman–Crippen LogP) is 1.50. The molecule has 0 amide bonds. The van der Waals surface area contributed by atoms with Gasteiger partial charge in [-0.3, -0.25) is 4.18 Å². The molecule has 2 unspecified atom stereocenters. The van der Waals surface area contributed by atoms with Crippen LogP contribution in [0.1, 0.15) is 25.7 Å².